The first-order valence-electron chi connectivity index (χ1n) is 11.8. The maximum atomic E-state index is 12.4. The number of carbonyl (C=O) groups excluding carboxylic acids is 1. The second kappa shape index (κ2) is 12.8. The van der Waals surface area contributed by atoms with E-state index in [9.17, 15) is 4.79 Å². The van der Waals surface area contributed by atoms with Crippen molar-refractivity contribution in [3.63, 3.8) is 0 Å². The molecule has 2 atom stereocenters. The van der Waals surface area contributed by atoms with Crippen LogP contribution in [-0.2, 0) is 16.1 Å². The lowest BCUT2D eigenvalue weighted by molar-refractivity contribution is -0.119. The number of carbonyl (C=O) groups is 1. The highest BCUT2D eigenvalue weighted by atomic mass is 127. The van der Waals surface area contributed by atoms with Gasteiger partial charge in [-0.15, -0.1) is 24.0 Å². The summed E-state index contributed by atoms with van der Waals surface area (Å²) in [5.41, 5.74) is 2.11. The Morgan fingerprint density at radius 3 is 2.56 bits per heavy atom. The number of ether oxygens (including phenoxy) is 1. The summed E-state index contributed by atoms with van der Waals surface area (Å²) in [4.78, 5) is 16.8. The number of hydrogen-bond donors (Lipinski definition) is 3. The molecule has 7 heteroatoms. The zero-order chi connectivity index (χ0) is 22.3. The summed E-state index contributed by atoms with van der Waals surface area (Å²) in [5, 5.41) is 9.97. The second-order valence-corrected chi connectivity index (χ2v) is 10.0. The Morgan fingerprint density at radius 2 is 1.88 bits per heavy atom. The number of anilines is 1. The molecule has 1 saturated carbocycles. The van der Waals surface area contributed by atoms with Crippen molar-refractivity contribution in [3.05, 3.63) is 29.8 Å². The van der Waals surface area contributed by atoms with Crippen LogP contribution in [-0.4, -0.2) is 38.2 Å². The average molecular weight is 557 g/mol. The van der Waals surface area contributed by atoms with Crippen molar-refractivity contribution in [1.82, 2.24) is 10.6 Å². The van der Waals surface area contributed by atoms with Gasteiger partial charge in [0.25, 0.3) is 0 Å². The number of nitrogens with one attached hydrogen (secondary N) is 3. The van der Waals surface area contributed by atoms with E-state index in [4.69, 9.17) is 4.74 Å². The quantitative estimate of drug-likeness (QED) is 0.264. The van der Waals surface area contributed by atoms with Crippen molar-refractivity contribution in [2.75, 3.05) is 25.5 Å². The number of amides is 1. The van der Waals surface area contributed by atoms with Crippen LogP contribution in [0.15, 0.2) is 29.3 Å². The third-order valence-electron chi connectivity index (χ3n) is 6.43. The van der Waals surface area contributed by atoms with Crippen LogP contribution in [0.2, 0.25) is 0 Å². The Hall–Kier alpha value is -1.35. The first-order valence-corrected chi connectivity index (χ1v) is 11.8. The Balaban J connectivity index is 0.00000363. The number of guanidine groups is 1. The van der Waals surface area contributed by atoms with E-state index >= 15 is 0 Å². The summed E-state index contributed by atoms with van der Waals surface area (Å²) in [6.07, 6.45) is 6.90. The predicted molar refractivity (Wildman–Crippen MR) is 143 cm³/mol. The average Bonchev–Trinajstić information content (AvgIpc) is 3.29. The van der Waals surface area contributed by atoms with Gasteiger partial charge in [-0.3, -0.25) is 9.79 Å². The van der Waals surface area contributed by atoms with Crippen LogP contribution >= 0.6 is 24.0 Å². The maximum Gasteiger partial charge on any atom is 0.227 e. The molecule has 1 aliphatic heterocycles. The molecule has 1 aromatic carbocycles. The molecule has 1 amide bonds. The van der Waals surface area contributed by atoms with Crippen LogP contribution in [0, 0.1) is 17.3 Å². The molecule has 3 rings (SSSR count). The summed E-state index contributed by atoms with van der Waals surface area (Å²) in [5.74, 6) is 1.59. The van der Waals surface area contributed by atoms with Gasteiger partial charge in [-0.1, -0.05) is 45.7 Å². The lowest BCUT2D eigenvalue weighted by atomic mass is 9.78. The molecule has 0 radical (unpaired) electrons. The molecule has 0 bridgehead atoms. The second-order valence-electron chi connectivity index (χ2n) is 10.0. The standard InChI is InChI=1S/C25H40N4O2.HI/c1-25(2,3)22-20(12-8-14-31-22)17-28-24(26-4)27-16-18-9-7-13-21(15-18)29-23(30)19-10-5-6-11-19;/h7,9,13,15,19-20,22H,5-6,8,10-12,14,16-17H2,1-4H3,(H,29,30)(H2,26,27,28);1H. The van der Waals surface area contributed by atoms with Crippen LogP contribution in [0.4, 0.5) is 5.69 Å². The minimum Gasteiger partial charge on any atom is -0.377 e. The van der Waals surface area contributed by atoms with Gasteiger partial charge < -0.3 is 20.7 Å². The van der Waals surface area contributed by atoms with E-state index in [1.807, 2.05) is 18.2 Å². The third kappa shape index (κ3) is 7.90. The third-order valence-corrected chi connectivity index (χ3v) is 6.43. The van der Waals surface area contributed by atoms with Gasteiger partial charge in [0, 0.05) is 44.3 Å². The highest BCUT2D eigenvalue weighted by Gasteiger charge is 2.35. The Morgan fingerprint density at radius 1 is 1.12 bits per heavy atom. The largest absolute Gasteiger partial charge is 0.377 e. The topological polar surface area (TPSA) is 74.8 Å². The van der Waals surface area contributed by atoms with Crippen LogP contribution in [0.5, 0.6) is 0 Å². The summed E-state index contributed by atoms with van der Waals surface area (Å²) >= 11 is 0. The van der Waals surface area contributed by atoms with Gasteiger partial charge in [0.15, 0.2) is 5.96 Å². The lowest BCUT2D eigenvalue weighted by Gasteiger charge is -2.40. The number of benzene rings is 1. The number of halogens is 1. The molecule has 3 N–H and O–H groups in total. The lowest BCUT2D eigenvalue weighted by Crippen LogP contribution is -2.47. The van der Waals surface area contributed by atoms with E-state index in [1.165, 1.54) is 6.42 Å². The summed E-state index contributed by atoms with van der Waals surface area (Å²) < 4.78 is 6.10. The Labute approximate surface area is 210 Å². The smallest absolute Gasteiger partial charge is 0.227 e. The van der Waals surface area contributed by atoms with E-state index in [2.05, 4.69) is 47.8 Å². The van der Waals surface area contributed by atoms with E-state index < -0.39 is 0 Å². The first-order chi connectivity index (χ1) is 14.9. The fraction of sp³-hybridized carbons (Fsp3) is 0.680. The van der Waals surface area contributed by atoms with Gasteiger partial charge in [0.1, 0.15) is 0 Å². The van der Waals surface area contributed by atoms with Gasteiger partial charge in [-0.2, -0.15) is 0 Å². The molecular formula is C25H41IN4O2. The first kappa shape index (κ1) is 26.9. The number of hydrogen-bond acceptors (Lipinski definition) is 3. The zero-order valence-corrected chi connectivity index (χ0v) is 22.4. The monoisotopic (exact) mass is 556 g/mol. The molecule has 1 heterocycles. The van der Waals surface area contributed by atoms with Gasteiger partial charge in [-0.05, 0) is 48.8 Å². The molecule has 2 unspecified atom stereocenters. The SMILES string of the molecule is CN=C(NCc1cccc(NC(=O)C2CCCC2)c1)NCC1CCCOC1C(C)(C)C.I. The molecule has 0 spiro atoms. The van der Waals surface area contributed by atoms with Gasteiger partial charge in [0.2, 0.25) is 5.91 Å². The van der Waals surface area contributed by atoms with Crippen molar-refractivity contribution in [1.29, 1.82) is 0 Å². The minimum absolute atomic E-state index is 0. The summed E-state index contributed by atoms with van der Waals surface area (Å²) in [6, 6.07) is 8.05. The number of nitrogens with zero attached hydrogens (tertiary/aromatic N) is 1. The van der Waals surface area contributed by atoms with Crippen molar-refractivity contribution in [2.45, 2.75) is 71.9 Å². The van der Waals surface area contributed by atoms with E-state index in [1.54, 1.807) is 7.05 Å². The van der Waals surface area contributed by atoms with Crippen LogP contribution in [0.1, 0.15) is 64.9 Å². The van der Waals surface area contributed by atoms with Gasteiger partial charge >= 0.3 is 0 Å². The highest BCUT2D eigenvalue weighted by Crippen LogP contribution is 2.33. The fourth-order valence-corrected chi connectivity index (χ4v) is 4.84. The van der Waals surface area contributed by atoms with E-state index in [-0.39, 0.29) is 47.3 Å². The number of rotatable bonds is 6. The molecule has 6 nitrogen and oxygen atoms in total. The number of aliphatic imine (C=N–C) groups is 1. The molecule has 0 aromatic heterocycles. The zero-order valence-electron chi connectivity index (χ0n) is 20.1. The Bertz CT molecular complexity index is 757. The highest BCUT2D eigenvalue weighted by molar-refractivity contribution is 14.0. The molecule has 1 saturated heterocycles. The predicted octanol–water partition coefficient (Wildman–Crippen LogP) is 4.94. The maximum absolute atomic E-state index is 12.4. The molecule has 32 heavy (non-hydrogen) atoms. The molecule has 1 aliphatic carbocycles. The molecule has 180 valence electrons. The summed E-state index contributed by atoms with van der Waals surface area (Å²) in [7, 11) is 1.80. The Kier molecular flexibility index (Phi) is 10.7. The van der Waals surface area contributed by atoms with Crippen LogP contribution < -0.4 is 16.0 Å². The van der Waals surface area contributed by atoms with Crippen LogP contribution in [0.3, 0.4) is 0 Å². The molecule has 2 aliphatic rings. The van der Waals surface area contributed by atoms with Crippen molar-refractivity contribution in [3.8, 4) is 0 Å². The van der Waals surface area contributed by atoms with Crippen molar-refractivity contribution < 1.29 is 9.53 Å². The van der Waals surface area contributed by atoms with Crippen LogP contribution in [0.25, 0.3) is 0 Å². The fourth-order valence-electron chi connectivity index (χ4n) is 4.84. The summed E-state index contributed by atoms with van der Waals surface area (Å²) in [6.45, 7) is 9.11. The van der Waals surface area contributed by atoms with E-state index in [0.29, 0.717) is 12.5 Å². The molecule has 2 fully saturated rings. The molecule has 1 aromatic rings. The van der Waals surface area contributed by atoms with Crippen molar-refractivity contribution >= 4 is 41.5 Å². The van der Waals surface area contributed by atoms with Gasteiger partial charge in [0.05, 0.1) is 6.10 Å². The normalized spacial score (nSPS) is 22.2. The minimum atomic E-state index is 0. The van der Waals surface area contributed by atoms with Crippen molar-refractivity contribution in [2.24, 2.45) is 22.2 Å². The molecular weight excluding hydrogens is 515 g/mol. The van der Waals surface area contributed by atoms with Gasteiger partial charge in [-0.25, -0.2) is 0 Å². The van der Waals surface area contributed by atoms with E-state index in [0.717, 1.165) is 62.5 Å².